The molecule has 90 valence electrons. The first-order chi connectivity index (χ1) is 7.26. The van der Waals surface area contributed by atoms with E-state index in [1.165, 1.54) is 22.8 Å². The lowest BCUT2D eigenvalue weighted by molar-refractivity contribution is 0.0702. The quantitative estimate of drug-likeness (QED) is 0.892. The van der Waals surface area contributed by atoms with Gasteiger partial charge in [0, 0.05) is 18.5 Å². The second kappa shape index (κ2) is 4.52. The third-order valence-corrected chi connectivity index (χ3v) is 5.27. The molecule has 1 heterocycles. The van der Waals surface area contributed by atoms with Crippen LogP contribution in [0, 0.1) is 0 Å². The maximum Gasteiger partial charge on any atom is 0.345 e. The predicted octanol–water partition coefficient (Wildman–Crippen LogP) is 1.48. The average molecular weight is 263 g/mol. The van der Waals surface area contributed by atoms with Crippen molar-refractivity contribution in [2.24, 2.45) is 0 Å². The van der Waals surface area contributed by atoms with E-state index in [9.17, 15) is 13.2 Å². The van der Waals surface area contributed by atoms with Gasteiger partial charge in [0.25, 0.3) is 0 Å². The largest absolute Gasteiger partial charge is 0.477 e. The second-order valence-electron chi connectivity index (χ2n) is 3.57. The van der Waals surface area contributed by atoms with Gasteiger partial charge in [0.15, 0.2) is 0 Å². The fourth-order valence-corrected chi connectivity index (χ4v) is 3.48. The van der Waals surface area contributed by atoms with Crippen molar-refractivity contribution in [3.63, 3.8) is 0 Å². The molecule has 0 bridgehead atoms. The van der Waals surface area contributed by atoms with Crippen LogP contribution in [0.2, 0.25) is 0 Å². The third-order valence-electron chi connectivity index (χ3n) is 2.19. The van der Waals surface area contributed by atoms with Gasteiger partial charge >= 0.3 is 5.97 Å². The minimum Gasteiger partial charge on any atom is -0.477 e. The molecule has 0 aliphatic rings. The van der Waals surface area contributed by atoms with Gasteiger partial charge in [-0.2, -0.15) is 4.31 Å². The van der Waals surface area contributed by atoms with Crippen LogP contribution in [0.1, 0.15) is 23.5 Å². The summed E-state index contributed by atoms with van der Waals surface area (Å²) in [5.74, 6) is -1.11. The fraction of sp³-hybridized carbons (Fsp3) is 0.444. The Hall–Kier alpha value is -0.920. The average Bonchev–Trinajstić information content (AvgIpc) is 2.65. The molecule has 1 aromatic rings. The molecule has 0 aromatic carbocycles. The lowest BCUT2D eigenvalue weighted by Gasteiger charge is -2.19. The Morgan fingerprint density at radius 2 is 2.06 bits per heavy atom. The summed E-state index contributed by atoms with van der Waals surface area (Å²) in [5, 5.41) is 10.1. The van der Waals surface area contributed by atoms with E-state index in [0.717, 1.165) is 11.3 Å². The summed E-state index contributed by atoms with van der Waals surface area (Å²) in [6.07, 6.45) is 0. The molecular weight excluding hydrogens is 250 g/mol. The smallest absolute Gasteiger partial charge is 0.345 e. The number of hydrogen-bond acceptors (Lipinski definition) is 4. The molecule has 0 aliphatic heterocycles. The first-order valence-electron chi connectivity index (χ1n) is 4.56. The first-order valence-corrected chi connectivity index (χ1v) is 6.88. The molecule has 0 radical (unpaired) electrons. The summed E-state index contributed by atoms with van der Waals surface area (Å²) in [4.78, 5) is 10.7. The van der Waals surface area contributed by atoms with Crippen molar-refractivity contribution in [3.05, 3.63) is 16.3 Å². The van der Waals surface area contributed by atoms with Crippen LogP contribution in [0.4, 0.5) is 0 Å². The van der Waals surface area contributed by atoms with E-state index in [2.05, 4.69) is 0 Å². The molecular formula is C9H13NO4S2. The summed E-state index contributed by atoms with van der Waals surface area (Å²) >= 11 is 0.908. The lowest BCUT2D eigenvalue weighted by Crippen LogP contribution is -2.32. The highest BCUT2D eigenvalue weighted by Gasteiger charge is 2.25. The summed E-state index contributed by atoms with van der Waals surface area (Å²) in [6.45, 7) is 3.50. The Morgan fingerprint density at radius 3 is 2.44 bits per heavy atom. The number of carbonyl (C=O) groups is 1. The highest BCUT2D eigenvalue weighted by atomic mass is 32.2. The number of sulfonamides is 1. The van der Waals surface area contributed by atoms with E-state index < -0.39 is 16.0 Å². The summed E-state index contributed by atoms with van der Waals surface area (Å²) in [7, 11) is -2.10. The molecule has 1 aromatic heterocycles. The third kappa shape index (κ3) is 2.42. The number of hydrogen-bond donors (Lipinski definition) is 1. The maximum absolute atomic E-state index is 11.9. The second-order valence-corrected chi connectivity index (χ2v) is 6.48. The van der Waals surface area contributed by atoms with Gasteiger partial charge in [-0.25, -0.2) is 13.2 Å². The number of nitrogens with zero attached hydrogens (tertiary/aromatic N) is 1. The molecule has 1 N–H and O–H groups in total. The summed E-state index contributed by atoms with van der Waals surface area (Å²) in [6, 6.07) is 1.01. The van der Waals surface area contributed by atoms with E-state index in [0.29, 0.717) is 0 Å². The van der Waals surface area contributed by atoms with Gasteiger partial charge in [0.1, 0.15) is 4.88 Å². The Labute approximate surface area is 98.4 Å². The number of rotatable bonds is 4. The minimum atomic E-state index is -3.57. The molecule has 16 heavy (non-hydrogen) atoms. The molecule has 0 saturated carbocycles. The van der Waals surface area contributed by atoms with E-state index in [4.69, 9.17) is 5.11 Å². The highest BCUT2D eigenvalue weighted by Crippen LogP contribution is 2.22. The Balaban J connectivity index is 3.13. The molecule has 0 saturated heterocycles. The molecule has 0 atom stereocenters. The van der Waals surface area contributed by atoms with Crippen molar-refractivity contribution >= 4 is 27.3 Å². The van der Waals surface area contributed by atoms with Gasteiger partial charge in [-0.1, -0.05) is 0 Å². The normalized spacial score (nSPS) is 12.3. The van der Waals surface area contributed by atoms with Gasteiger partial charge in [0.2, 0.25) is 10.0 Å². The van der Waals surface area contributed by atoms with Gasteiger partial charge in [-0.05, 0) is 19.9 Å². The zero-order valence-electron chi connectivity index (χ0n) is 9.17. The number of aromatic carboxylic acids is 1. The van der Waals surface area contributed by atoms with Gasteiger partial charge in [-0.15, -0.1) is 11.3 Å². The van der Waals surface area contributed by atoms with Gasteiger partial charge in [0.05, 0.1) is 4.90 Å². The predicted molar refractivity (Wildman–Crippen MR) is 61.4 cm³/mol. The molecule has 0 aliphatic carbocycles. The standard InChI is InChI=1S/C9H13NO4S2/c1-6(2)10(3)16(13,14)7-4-8(9(11)12)15-5-7/h4-6H,1-3H3,(H,11,12). The van der Waals surface area contributed by atoms with Gasteiger partial charge in [-0.3, -0.25) is 0 Å². The van der Waals surface area contributed by atoms with Crippen LogP contribution in [0.3, 0.4) is 0 Å². The van der Waals surface area contributed by atoms with Crippen LogP contribution in [0.5, 0.6) is 0 Å². The van der Waals surface area contributed by atoms with Crippen molar-refractivity contribution in [3.8, 4) is 0 Å². The molecule has 0 amide bonds. The van der Waals surface area contributed by atoms with Crippen molar-refractivity contribution in [1.82, 2.24) is 4.31 Å². The Morgan fingerprint density at radius 1 is 1.50 bits per heavy atom. The van der Waals surface area contributed by atoms with E-state index in [1.807, 2.05) is 0 Å². The van der Waals surface area contributed by atoms with Crippen molar-refractivity contribution < 1.29 is 18.3 Å². The van der Waals surface area contributed by atoms with E-state index in [-0.39, 0.29) is 15.8 Å². The fourth-order valence-electron chi connectivity index (χ4n) is 1.01. The number of carboxylic acid groups (broad SMARTS) is 1. The van der Waals surface area contributed by atoms with E-state index >= 15 is 0 Å². The zero-order chi connectivity index (χ0) is 12.5. The Kier molecular flexibility index (Phi) is 3.72. The first kappa shape index (κ1) is 13.1. The van der Waals surface area contributed by atoms with E-state index in [1.54, 1.807) is 13.8 Å². The summed E-state index contributed by atoms with van der Waals surface area (Å²) < 4.78 is 25.1. The molecule has 0 fully saturated rings. The van der Waals surface area contributed by atoms with Gasteiger partial charge < -0.3 is 5.11 Å². The maximum atomic E-state index is 11.9. The van der Waals surface area contributed by atoms with Crippen molar-refractivity contribution in [1.29, 1.82) is 0 Å². The minimum absolute atomic E-state index is 0.0238. The van der Waals surface area contributed by atoms with Crippen LogP contribution in [-0.4, -0.2) is 36.9 Å². The van der Waals surface area contributed by atoms with Crippen molar-refractivity contribution in [2.75, 3.05) is 7.05 Å². The topological polar surface area (TPSA) is 74.7 Å². The van der Waals surface area contributed by atoms with Crippen LogP contribution in [0.15, 0.2) is 16.3 Å². The molecule has 0 unspecified atom stereocenters. The zero-order valence-corrected chi connectivity index (χ0v) is 10.8. The lowest BCUT2D eigenvalue weighted by atomic mass is 10.4. The van der Waals surface area contributed by atoms with Crippen LogP contribution in [-0.2, 0) is 10.0 Å². The van der Waals surface area contributed by atoms with Crippen LogP contribution in [0.25, 0.3) is 0 Å². The van der Waals surface area contributed by atoms with Crippen LogP contribution >= 0.6 is 11.3 Å². The SMILES string of the molecule is CC(C)N(C)S(=O)(=O)c1csc(C(=O)O)c1. The number of thiophene rings is 1. The Bertz CT molecular complexity index is 489. The highest BCUT2D eigenvalue weighted by molar-refractivity contribution is 7.89. The molecule has 0 spiro atoms. The van der Waals surface area contributed by atoms with Crippen LogP contribution < -0.4 is 0 Å². The molecule has 7 heteroatoms. The monoisotopic (exact) mass is 263 g/mol. The number of carboxylic acids is 1. The molecule has 1 rings (SSSR count). The molecule has 5 nitrogen and oxygen atoms in total. The summed E-state index contributed by atoms with van der Waals surface area (Å²) in [5.41, 5.74) is 0. The van der Waals surface area contributed by atoms with Crippen molar-refractivity contribution in [2.45, 2.75) is 24.8 Å².